The third-order valence-electron chi connectivity index (χ3n) is 3.67. The second kappa shape index (κ2) is 7.53. The van der Waals surface area contributed by atoms with Crippen molar-refractivity contribution in [2.75, 3.05) is 0 Å². The van der Waals surface area contributed by atoms with Crippen LogP contribution >= 0.6 is 7.92 Å². The monoisotopic (exact) mass is 319 g/mol. The summed E-state index contributed by atoms with van der Waals surface area (Å²) in [6.45, 7) is 4.48. The van der Waals surface area contributed by atoms with Crippen molar-refractivity contribution in [3.05, 3.63) is 84.6 Å². The molecule has 1 aromatic heterocycles. The van der Waals surface area contributed by atoms with Crippen LogP contribution in [-0.4, -0.2) is 4.98 Å². The molecule has 0 aliphatic carbocycles. The van der Waals surface area contributed by atoms with E-state index in [-0.39, 0.29) is 0 Å². The number of hydrogen-bond donors (Lipinski definition) is 0. The summed E-state index contributed by atoms with van der Waals surface area (Å²) in [5, 5.41) is 2.70. The van der Waals surface area contributed by atoms with Gasteiger partial charge in [0.1, 0.15) is 0 Å². The maximum Gasteiger partial charge on any atom is 0.0724 e. The average Bonchev–Trinajstić information content (AvgIpc) is 2.57. The molecule has 0 spiro atoms. The van der Waals surface area contributed by atoms with Gasteiger partial charge >= 0.3 is 0 Å². The normalized spacial score (nSPS) is 11.1. The van der Waals surface area contributed by atoms with E-state index in [0.29, 0.717) is 5.92 Å². The maximum atomic E-state index is 4.99. The Balaban J connectivity index is 2.06. The lowest BCUT2D eigenvalue weighted by Gasteiger charge is -2.19. The van der Waals surface area contributed by atoms with Gasteiger partial charge in [-0.15, -0.1) is 0 Å². The molecule has 23 heavy (non-hydrogen) atoms. The fourth-order valence-electron chi connectivity index (χ4n) is 2.69. The van der Waals surface area contributed by atoms with E-state index >= 15 is 0 Å². The Morgan fingerprint density at radius 1 is 0.739 bits per heavy atom. The molecule has 1 nitrogen and oxygen atoms in total. The highest BCUT2D eigenvalue weighted by Crippen LogP contribution is 2.31. The largest absolute Gasteiger partial charge is 0.252 e. The van der Waals surface area contributed by atoms with E-state index < -0.39 is 7.92 Å². The summed E-state index contributed by atoms with van der Waals surface area (Å²) in [7, 11) is -0.598. The Bertz CT molecular complexity index is 699. The van der Waals surface area contributed by atoms with E-state index in [4.69, 9.17) is 4.98 Å². The van der Waals surface area contributed by atoms with E-state index in [1.807, 2.05) is 0 Å². The molecule has 0 N–H and O–H groups in total. The topological polar surface area (TPSA) is 12.9 Å². The standard InChI is InChI=1S/C21H22NP/c1-17(2)16-18-10-9-15-21(22-18)23(19-11-5-3-6-12-19)20-13-7-4-8-14-20/h3-15,17H,16H2,1-2H3. The average molecular weight is 319 g/mol. The Morgan fingerprint density at radius 3 is 1.83 bits per heavy atom. The summed E-state index contributed by atoms with van der Waals surface area (Å²) in [6.07, 6.45) is 1.03. The lowest BCUT2D eigenvalue weighted by molar-refractivity contribution is 0.636. The highest BCUT2D eigenvalue weighted by atomic mass is 31.1. The third kappa shape index (κ3) is 4.06. The summed E-state index contributed by atoms with van der Waals surface area (Å²) < 4.78 is 0. The molecule has 3 rings (SSSR count). The molecule has 0 amide bonds. The van der Waals surface area contributed by atoms with Gasteiger partial charge in [0.15, 0.2) is 0 Å². The maximum absolute atomic E-state index is 4.99. The molecule has 2 heteroatoms. The van der Waals surface area contributed by atoms with Crippen molar-refractivity contribution in [1.82, 2.24) is 4.98 Å². The lowest BCUT2D eigenvalue weighted by Crippen LogP contribution is -2.23. The summed E-state index contributed by atoms with van der Waals surface area (Å²) in [4.78, 5) is 4.99. The van der Waals surface area contributed by atoms with Gasteiger partial charge in [0.2, 0.25) is 0 Å². The predicted octanol–water partition coefficient (Wildman–Crippen LogP) is 4.04. The van der Waals surface area contributed by atoms with Gasteiger partial charge in [-0.2, -0.15) is 0 Å². The summed E-state index contributed by atoms with van der Waals surface area (Å²) in [6, 6.07) is 28.0. The van der Waals surface area contributed by atoms with Crippen LogP contribution in [0.5, 0.6) is 0 Å². The molecule has 0 saturated carbocycles. The van der Waals surface area contributed by atoms with Crippen molar-refractivity contribution in [3.63, 3.8) is 0 Å². The molecule has 3 aromatic rings. The van der Waals surface area contributed by atoms with Crippen molar-refractivity contribution in [3.8, 4) is 0 Å². The van der Waals surface area contributed by atoms with Gasteiger partial charge in [-0.05, 0) is 35.1 Å². The van der Waals surface area contributed by atoms with E-state index in [9.17, 15) is 0 Å². The van der Waals surface area contributed by atoms with Gasteiger partial charge in [-0.25, -0.2) is 0 Å². The molecule has 0 unspecified atom stereocenters. The first-order chi connectivity index (χ1) is 11.2. The second-order valence-electron chi connectivity index (χ2n) is 6.09. The molecule has 0 bridgehead atoms. The van der Waals surface area contributed by atoms with Crippen LogP contribution in [0, 0.1) is 5.92 Å². The molecular formula is C21H22NP. The molecule has 0 aliphatic rings. The van der Waals surface area contributed by atoms with Crippen LogP contribution in [0.3, 0.4) is 0 Å². The van der Waals surface area contributed by atoms with Crippen molar-refractivity contribution < 1.29 is 0 Å². The Hall–Kier alpha value is -1.98. The van der Waals surface area contributed by atoms with Crippen molar-refractivity contribution in [2.45, 2.75) is 20.3 Å². The van der Waals surface area contributed by atoms with Gasteiger partial charge in [0.05, 0.1) is 5.44 Å². The SMILES string of the molecule is CC(C)Cc1cccc(P(c2ccccc2)c2ccccc2)n1. The minimum atomic E-state index is -0.598. The van der Waals surface area contributed by atoms with Gasteiger partial charge in [0, 0.05) is 13.6 Å². The van der Waals surface area contributed by atoms with Crippen LogP contribution in [0.4, 0.5) is 0 Å². The minimum absolute atomic E-state index is 0.598. The van der Waals surface area contributed by atoms with Gasteiger partial charge in [0.25, 0.3) is 0 Å². The highest BCUT2D eigenvalue weighted by Gasteiger charge is 2.17. The Labute approximate surface area is 140 Å². The number of benzene rings is 2. The fraction of sp³-hybridized carbons (Fsp3) is 0.190. The van der Waals surface area contributed by atoms with Crippen LogP contribution < -0.4 is 16.0 Å². The number of rotatable bonds is 5. The van der Waals surface area contributed by atoms with E-state index in [1.165, 1.54) is 21.7 Å². The first kappa shape index (κ1) is 15.9. The third-order valence-corrected chi connectivity index (χ3v) is 6.00. The number of pyridine rings is 1. The van der Waals surface area contributed by atoms with E-state index in [1.54, 1.807) is 0 Å². The van der Waals surface area contributed by atoms with E-state index in [0.717, 1.165) is 6.42 Å². The number of hydrogen-bond acceptors (Lipinski definition) is 1. The molecule has 2 aromatic carbocycles. The predicted molar refractivity (Wildman–Crippen MR) is 101 cm³/mol. The smallest absolute Gasteiger partial charge is 0.0724 e. The highest BCUT2D eigenvalue weighted by molar-refractivity contribution is 7.79. The minimum Gasteiger partial charge on any atom is -0.252 e. The quantitative estimate of drug-likeness (QED) is 0.647. The van der Waals surface area contributed by atoms with Crippen LogP contribution in [0.25, 0.3) is 0 Å². The Kier molecular flexibility index (Phi) is 5.20. The lowest BCUT2D eigenvalue weighted by atomic mass is 10.1. The summed E-state index contributed by atoms with van der Waals surface area (Å²) >= 11 is 0. The van der Waals surface area contributed by atoms with E-state index in [2.05, 4.69) is 92.7 Å². The van der Waals surface area contributed by atoms with Crippen molar-refractivity contribution in [1.29, 1.82) is 0 Å². The Morgan fingerprint density at radius 2 is 1.30 bits per heavy atom. The van der Waals surface area contributed by atoms with Crippen LogP contribution in [0.15, 0.2) is 78.9 Å². The molecule has 0 aliphatic heterocycles. The van der Waals surface area contributed by atoms with Gasteiger partial charge in [-0.3, -0.25) is 4.98 Å². The molecule has 0 saturated heterocycles. The fourth-order valence-corrected chi connectivity index (χ4v) is 4.92. The first-order valence-corrected chi connectivity index (χ1v) is 9.44. The van der Waals surface area contributed by atoms with Crippen LogP contribution in [0.1, 0.15) is 19.5 Å². The molecule has 0 fully saturated rings. The van der Waals surface area contributed by atoms with Crippen molar-refractivity contribution >= 4 is 24.0 Å². The van der Waals surface area contributed by atoms with Gasteiger partial charge < -0.3 is 0 Å². The summed E-state index contributed by atoms with van der Waals surface area (Å²) in [5.74, 6) is 0.623. The van der Waals surface area contributed by atoms with Crippen LogP contribution in [-0.2, 0) is 6.42 Å². The molecule has 0 radical (unpaired) electrons. The summed E-state index contributed by atoms with van der Waals surface area (Å²) in [5.41, 5.74) is 2.38. The van der Waals surface area contributed by atoms with Gasteiger partial charge in [-0.1, -0.05) is 80.6 Å². The number of aromatic nitrogens is 1. The van der Waals surface area contributed by atoms with Crippen LogP contribution in [0.2, 0.25) is 0 Å². The van der Waals surface area contributed by atoms with Crippen molar-refractivity contribution in [2.24, 2.45) is 5.92 Å². The molecule has 1 heterocycles. The zero-order valence-corrected chi connectivity index (χ0v) is 14.6. The zero-order chi connectivity index (χ0) is 16.1. The first-order valence-electron chi connectivity index (χ1n) is 8.10. The second-order valence-corrected chi connectivity index (χ2v) is 8.25. The molecular weight excluding hydrogens is 297 g/mol. The molecule has 0 atom stereocenters. The number of nitrogens with zero attached hydrogens (tertiary/aromatic N) is 1. The molecule has 116 valence electrons. The zero-order valence-electron chi connectivity index (χ0n) is 13.7.